The van der Waals surface area contributed by atoms with Crippen molar-refractivity contribution in [1.82, 2.24) is 15.1 Å². The number of carbonyl (C=O) groups is 1. The van der Waals surface area contributed by atoms with Gasteiger partial charge in [-0.25, -0.2) is 0 Å². The van der Waals surface area contributed by atoms with Crippen molar-refractivity contribution in [2.24, 2.45) is 0 Å². The van der Waals surface area contributed by atoms with E-state index in [-0.39, 0.29) is 5.91 Å². The number of nitrogens with one attached hydrogen (secondary N) is 2. The Labute approximate surface area is 142 Å². The highest BCUT2D eigenvalue weighted by molar-refractivity contribution is 9.10. The number of amides is 1. The number of rotatable bonds is 3. The molecule has 1 aromatic heterocycles. The van der Waals surface area contributed by atoms with Gasteiger partial charge in [0.2, 0.25) is 0 Å². The summed E-state index contributed by atoms with van der Waals surface area (Å²) in [5, 5.41) is 11.1. The van der Waals surface area contributed by atoms with E-state index in [1.165, 1.54) is 0 Å². The van der Waals surface area contributed by atoms with E-state index in [2.05, 4.69) is 31.7 Å². The minimum atomic E-state index is -0.187. The molecule has 116 valence electrons. The molecule has 0 radical (unpaired) electrons. The number of halogens is 2. The summed E-state index contributed by atoms with van der Waals surface area (Å²) < 4.78 is 2.61. The van der Waals surface area contributed by atoms with Crippen molar-refractivity contribution in [3.63, 3.8) is 0 Å². The molecule has 2 N–H and O–H groups in total. The molecule has 0 atom stereocenters. The molecule has 1 amide bonds. The lowest BCUT2D eigenvalue weighted by Crippen LogP contribution is -2.29. The van der Waals surface area contributed by atoms with E-state index in [0.29, 0.717) is 26.8 Å². The Morgan fingerprint density at radius 2 is 2.18 bits per heavy atom. The Balaban J connectivity index is 1.70. The lowest BCUT2D eigenvalue weighted by Gasteiger charge is -2.22. The van der Waals surface area contributed by atoms with Gasteiger partial charge in [-0.2, -0.15) is 5.10 Å². The summed E-state index contributed by atoms with van der Waals surface area (Å²) in [6.07, 6.45) is 5.68. The van der Waals surface area contributed by atoms with Gasteiger partial charge in [0, 0.05) is 15.7 Å². The highest BCUT2D eigenvalue weighted by Crippen LogP contribution is 2.23. The second-order valence-corrected chi connectivity index (χ2v) is 6.56. The highest BCUT2D eigenvalue weighted by Gasteiger charge is 2.17. The van der Waals surface area contributed by atoms with Crippen LogP contribution in [0.4, 0.5) is 5.69 Å². The molecule has 0 saturated carbocycles. The van der Waals surface area contributed by atoms with Gasteiger partial charge in [-0.1, -0.05) is 11.6 Å². The van der Waals surface area contributed by atoms with Crippen LogP contribution in [0.15, 0.2) is 35.1 Å². The van der Waals surface area contributed by atoms with E-state index >= 15 is 0 Å². The molecular formula is C15H16BrClN4O. The zero-order valence-electron chi connectivity index (χ0n) is 11.9. The number of nitrogens with zero attached hydrogens (tertiary/aromatic N) is 2. The minimum Gasteiger partial charge on any atom is -0.319 e. The molecular weight excluding hydrogens is 368 g/mol. The van der Waals surface area contributed by atoms with Crippen LogP contribution in [0.3, 0.4) is 0 Å². The molecule has 1 aliphatic heterocycles. The lowest BCUT2D eigenvalue weighted by atomic mass is 10.1. The topological polar surface area (TPSA) is 59.0 Å². The number of hydrogen-bond acceptors (Lipinski definition) is 3. The van der Waals surface area contributed by atoms with Gasteiger partial charge in [0.1, 0.15) is 0 Å². The van der Waals surface area contributed by atoms with Gasteiger partial charge in [0.25, 0.3) is 5.91 Å². The van der Waals surface area contributed by atoms with E-state index in [1.54, 1.807) is 24.4 Å². The first kappa shape index (κ1) is 15.5. The zero-order valence-corrected chi connectivity index (χ0v) is 14.2. The van der Waals surface area contributed by atoms with E-state index in [9.17, 15) is 4.79 Å². The summed E-state index contributed by atoms with van der Waals surface area (Å²) in [4.78, 5) is 12.3. The highest BCUT2D eigenvalue weighted by atomic mass is 79.9. The number of benzene rings is 1. The standard InChI is InChI=1S/C15H16BrClN4O/c16-14-7-10(17)1-2-13(14)15(22)20-11-8-19-21(9-11)12-3-5-18-6-4-12/h1-2,7-9,12,18H,3-6H2,(H,20,22). The van der Waals surface area contributed by atoms with E-state index in [0.717, 1.165) is 25.9 Å². The molecule has 1 aromatic carbocycles. The van der Waals surface area contributed by atoms with Gasteiger partial charge < -0.3 is 10.6 Å². The molecule has 1 aliphatic rings. The third-order valence-corrected chi connectivity index (χ3v) is 4.61. The number of piperidine rings is 1. The monoisotopic (exact) mass is 382 g/mol. The van der Waals surface area contributed by atoms with Crippen LogP contribution < -0.4 is 10.6 Å². The molecule has 0 spiro atoms. The van der Waals surface area contributed by atoms with Crippen molar-refractivity contribution in [2.45, 2.75) is 18.9 Å². The van der Waals surface area contributed by atoms with Crippen molar-refractivity contribution in [1.29, 1.82) is 0 Å². The normalized spacial score (nSPS) is 15.7. The summed E-state index contributed by atoms with van der Waals surface area (Å²) in [7, 11) is 0. The maximum Gasteiger partial charge on any atom is 0.256 e. The second-order valence-electron chi connectivity index (χ2n) is 5.27. The van der Waals surface area contributed by atoms with Gasteiger partial charge in [-0.05, 0) is 60.1 Å². The van der Waals surface area contributed by atoms with Crippen molar-refractivity contribution >= 4 is 39.1 Å². The van der Waals surface area contributed by atoms with E-state index in [4.69, 9.17) is 11.6 Å². The van der Waals surface area contributed by atoms with Crippen LogP contribution in [0.1, 0.15) is 29.2 Å². The van der Waals surface area contributed by atoms with Crippen molar-refractivity contribution in [3.8, 4) is 0 Å². The van der Waals surface area contributed by atoms with Crippen LogP contribution in [0.5, 0.6) is 0 Å². The smallest absolute Gasteiger partial charge is 0.256 e. The molecule has 1 fully saturated rings. The lowest BCUT2D eigenvalue weighted by molar-refractivity contribution is 0.102. The molecule has 1 saturated heterocycles. The third kappa shape index (κ3) is 3.51. The molecule has 7 heteroatoms. The van der Waals surface area contributed by atoms with Crippen molar-refractivity contribution in [3.05, 3.63) is 45.7 Å². The fourth-order valence-electron chi connectivity index (χ4n) is 2.55. The van der Waals surface area contributed by atoms with Gasteiger partial charge in [-0.3, -0.25) is 9.48 Å². The van der Waals surface area contributed by atoms with Crippen LogP contribution in [0.25, 0.3) is 0 Å². The zero-order chi connectivity index (χ0) is 15.5. The fraction of sp³-hybridized carbons (Fsp3) is 0.333. The Bertz CT molecular complexity index is 682. The maximum absolute atomic E-state index is 12.3. The molecule has 0 aliphatic carbocycles. The Morgan fingerprint density at radius 1 is 1.41 bits per heavy atom. The summed E-state index contributed by atoms with van der Waals surface area (Å²) in [6.45, 7) is 2.01. The van der Waals surface area contributed by atoms with E-state index in [1.807, 2.05) is 10.9 Å². The summed E-state index contributed by atoms with van der Waals surface area (Å²) in [6, 6.07) is 5.49. The number of anilines is 1. The first-order valence-electron chi connectivity index (χ1n) is 7.15. The Morgan fingerprint density at radius 3 is 2.91 bits per heavy atom. The van der Waals surface area contributed by atoms with Crippen molar-refractivity contribution < 1.29 is 4.79 Å². The van der Waals surface area contributed by atoms with Crippen LogP contribution in [0, 0.1) is 0 Å². The molecule has 2 aromatic rings. The van der Waals surface area contributed by atoms with Gasteiger partial charge >= 0.3 is 0 Å². The molecule has 5 nitrogen and oxygen atoms in total. The molecule has 3 rings (SSSR count). The quantitative estimate of drug-likeness (QED) is 0.853. The number of aromatic nitrogens is 2. The third-order valence-electron chi connectivity index (χ3n) is 3.72. The summed E-state index contributed by atoms with van der Waals surface area (Å²) in [5.74, 6) is -0.187. The largest absolute Gasteiger partial charge is 0.319 e. The number of carbonyl (C=O) groups excluding carboxylic acids is 1. The first-order chi connectivity index (χ1) is 10.6. The Hall–Kier alpha value is -1.37. The van der Waals surface area contributed by atoms with Gasteiger partial charge in [0.05, 0.1) is 23.5 Å². The second kappa shape index (κ2) is 6.81. The van der Waals surface area contributed by atoms with Gasteiger partial charge in [-0.15, -0.1) is 0 Å². The minimum absolute atomic E-state index is 0.187. The first-order valence-corrected chi connectivity index (χ1v) is 8.32. The SMILES string of the molecule is O=C(Nc1cnn(C2CCNCC2)c1)c1ccc(Cl)cc1Br. The predicted octanol–water partition coefficient (Wildman–Crippen LogP) is 3.48. The van der Waals surface area contributed by atoms with Gasteiger partial charge in [0.15, 0.2) is 0 Å². The van der Waals surface area contributed by atoms with Crippen LogP contribution in [-0.2, 0) is 0 Å². The molecule has 22 heavy (non-hydrogen) atoms. The maximum atomic E-state index is 12.3. The van der Waals surface area contributed by atoms with Crippen molar-refractivity contribution in [2.75, 3.05) is 18.4 Å². The average molecular weight is 384 g/mol. The molecule has 0 bridgehead atoms. The van der Waals surface area contributed by atoms with Crippen LogP contribution in [0.2, 0.25) is 5.02 Å². The van der Waals surface area contributed by atoms with Crippen LogP contribution >= 0.6 is 27.5 Å². The molecule has 0 unspecified atom stereocenters. The predicted molar refractivity (Wildman–Crippen MR) is 90.5 cm³/mol. The summed E-state index contributed by atoms with van der Waals surface area (Å²) in [5.41, 5.74) is 1.24. The summed E-state index contributed by atoms with van der Waals surface area (Å²) >= 11 is 9.25. The fourth-order valence-corrected chi connectivity index (χ4v) is 3.41. The Kier molecular flexibility index (Phi) is 4.81. The molecule has 2 heterocycles. The van der Waals surface area contributed by atoms with E-state index < -0.39 is 0 Å². The average Bonchev–Trinajstić information content (AvgIpc) is 2.96. The number of hydrogen-bond donors (Lipinski definition) is 2. The van der Waals surface area contributed by atoms with Crippen LogP contribution in [-0.4, -0.2) is 28.8 Å².